The summed E-state index contributed by atoms with van der Waals surface area (Å²) in [6.45, 7) is 14.8. The molecule has 0 aromatic heterocycles. The average Bonchev–Trinajstić information content (AvgIpc) is 2.16. The zero-order valence-electron chi connectivity index (χ0n) is 12.1. The van der Waals surface area contributed by atoms with Crippen LogP contribution in [0.25, 0.3) is 0 Å². The van der Waals surface area contributed by atoms with Gasteiger partial charge < -0.3 is 4.48 Å². The molecule has 5 nitrogen and oxygen atoms in total. The first-order valence-electron chi connectivity index (χ1n) is 6.71. The Bertz CT molecular complexity index is 288. The van der Waals surface area contributed by atoms with Crippen LogP contribution in [0.1, 0.15) is 53.4 Å². The maximum absolute atomic E-state index is 8.64. The molecule has 0 saturated heterocycles. The van der Waals surface area contributed by atoms with Crippen molar-refractivity contribution >= 4 is 0 Å². The van der Waals surface area contributed by atoms with Gasteiger partial charge in [0.15, 0.2) is 0 Å². The summed E-state index contributed by atoms with van der Waals surface area (Å²) in [4.78, 5) is 0. The van der Waals surface area contributed by atoms with Crippen LogP contribution in [0.4, 0.5) is 0 Å². The molecule has 0 aromatic carbocycles. The molecule has 0 fully saturated rings. The molecule has 0 bridgehead atoms. The summed E-state index contributed by atoms with van der Waals surface area (Å²) in [6.07, 6.45) is 5.33. The standard InChI is InChI=1S/C12H28N.4O.Re/c1-5-9-13(10-6-2,11-7-3)12-8-4;;;;;/h5-12H2,1-4H3;;;;;/q+1;;;;-1;. The van der Waals surface area contributed by atoms with Gasteiger partial charge in [-0.25, -0.2) is 0 Å². The van der Waals surface area contributed by atoms with Gasteiger partial charge in [0.1, 0.15) is 0 Å². The van der Waals surface area contributed by atoms with E-state index < -0.39 is 15.8 Å². The molecule has 0 aliphatic heterocycles. The van der Waals surface area contributed by atoms with Gasteiger partial charge in [-0.15, -0.1) is 0 Å². The van der Waals surface area contributed by atoms with Crippen LogP contribution in [-0.2, 0) is 26.2 Å². The second kappa shape index (κ2) is 10.9. The van der Waals surface area contributed by atoms with Gasteiger partial charge in [0, 0.05) is 0 Å². The minimum atomic E-state index is -6.11. The molecule has 0 unspecified atom stereocenters. The van der Waals surface area contributed by atoms with Crippen LogP contribution in [-0.4, -0.2) is 30.7 Å². The summed E-state index contributed by atoms with van der Waals surface area (Å²) in [7, 11) is 0. The van der Waals surface area contributed by atoms with E-state index in [9.17, 15) is 0 Å². The third kappa shape index (κ3) is 14.0. The van der Waals surface area contributed by atoms with E-state index in [2.05, 4.69) is 27.7 Å². The Hall–Kier alpha value is -0.0177. The molecular formula is C12H28NO4Re. The van der Waals surface area contributed by atoms with E-state index in [0.29, 0.717) is 0 Å². The topological polar surface area (TPSA) is 74.3 Å². The third-order valence-electron chi connectivity index (χ3n) is 2.79. The molecule has 0 aliphatic rings. The maximum atomic E-state index is 8.64. The van der Waals surface area contributed by atoms with Gasteiger partial charge in [0.2, 0.25) is 0 Å². The van der Waals surface area contributed by atoms with Crippen molar-refractivity contribution in [1.82, 2.24) is 0 Å². The predicted molar refractivity (Wildman–Crippen MR) is 63.0 cm³/mol. The molecule has 0 atom stereocenters. The van der Waals surface area contributed by atoms with Gasteiger partial charge in [-0.05, 0) is 25.7 Å². The van der Waals surface area contributed by atoms with E-state index in [1.165, 1.54) is 56.3 Å². The zero-order chi connectivity index (χ0) is 14.7. The molecule has 0 spiro atoms. The Kier molecular flexibility index (Phi) is 12.3. The summed E-state index contributed by atoms with van der Waals surface area (Å²) in [5.74, 6) is 0. The molecule has 0 heterocycles. The van der Waals surface area contributed by atoms with E-state index in [0.717, 1.165) is 0 Å². The first-order valence-corrected chi connectivity index (χ1v) is 11.1. The summed E-state index contributed by atoms with van der Waals surface area (Å²) in [6, 6.07) is 0. The Morgan fingerprint density at radius 2 is 0.889 bits per heavy atom. The average molecular weight is 437 g/mol. The van der Waals surface area contributed by atoms with Gasteiger partial charge in [-0.1, -0.05) is 27.7 Å². The van der Waals surface area contributed by atoms with Gasteiger partial charge in [-0.3, -0.25) is 0 Å². The molecular weight excluding hydrogens is 408 g/mol. The van der Waals surface area contributed by atoms with Crippen LogP contribution < -0.4 is 3.83 Å². The second-order valence-electron chi connectivity index (χ2n) is 4.61. The van der Waals surface area contributed by atoms with Crippen molar-refractivity contribution < 1.29 is 34.5 Å². The minimum absolute atomic E-state index is 1.33. The molecule has 0 aliphatic carbocycles. The number of rotatable bonds is 8. The fourth-order valence-electron chi connectivity index (χ4n) is 2.57. The molecule has 18 heavy (non-hydrogen) atoms. The molecule has 112 valence electrons. The van der Waals surface area contributed by atoms with Gasteiger partial charge in [0.05, 0.1) is 26.2 Å². The second-order valence-corrected chi connectivity index (χ2v) is 7.33. The van der Waals surface area contributed by atoms with E-state index in [1.54, 1.807) is 0 Å². The zero-order valence-corrected chi connectivity index (χ0v) is 14.8. The third-order valence-corrected chi connectivity index (χ3v) is 2.79. The fraction of sp³-hybridized carbons (Fsp3) is 1.00. The monoisotopic (exact) mass is 437 g/mol. The fourth-order valence-corrected chi connectivity index (χ4v) is 2.57. The van der Waals surface area contributed by atoms with Crippen LogP contribution in [0.5, 0.6) is 0 Å². The van der Waals surface area contributed by atoms with Crippen molar-refractivity contribution in [1.29, 1.82) is 0 Å². The molecule has 0 amide bonds. The first kappa shape index (κ1) is 20.3. The summed E-state index contributed by atoms with van der Waals surface area (Å²) in [5, 5.41) is 0. The van der Waals surface area contributed by atoms with Crippen molar-refractivity contribution in [3.8, 4) is 0 Å². The molecule has 0 N–H and O–H groups in total. The van der Waals surface area contributed by atoms with Crippen LogP contribution in [0, 0.1) is 0 Å². The van der Waals surface area contributed by atoms with Gasteiger partial charge in [-0.2, -0.15) is 0 Å². The Balaban J connectivity index is 0. The molecule has 0 radical (unpaired) electrons. The van der Waals surface area contributed by atoms with Crippen molar-refractivity contribution in [2.75, 3.05) is 26.2 Å². The van der Waals surface area contributed by atoms with Crippen LogP contribution in [0.2, 0.25) is 0 Å². The number of quaternary nitrogens is 1. The quantitative estimate of drug-likeness (QED) is 0.545. The van der Waals surface area contributed by atoms with Crippen molar-refractivity contribution in [2.24, 2.45) is 0 Å². The molecule has 0 saturated carbocycles. The summed E-state index contributed by atoms with van der Waals surface area (Å²) in [5.41, 5.74) is 0. The van der Waals surface area contributed by atoms with E-state index in [4.69, 9.17) is 14.2 Å². The number of hydrogen-bond donors (Lipinski definition) is 0. The van der Waals surface area contributed by atoms with E-state index in [-0.39, 0.29) is 0 Å². The number of nitrogens with zero attached hydrogens (tertiary/aromatic N) is 1. The molecule has 6 heteroatoms. The number of hydrogen-bond acceptors (Lipinski definition) is 4. The Morgan fingerprint density at radius 3 is 1.00 bits per heavy atom. The molecule has 0 rings (SSSR count). The van der Waals surface area contributed by atoms with Crippen LogP contribution in [0.15, 0.2) is 0 Å². The van der Waals surface area contributed by atoms with Crippen LogP contribution >= 0.6 is 0 Å². The summed E-state index contributed by atoms with van der Waals surface area (Å²) < 4.78 is 35.9. The van der Waals surface area contributed by atoms with E-state index in [1.807, 2.05) is 0 Å². The van der Waals surface area contributed by atoms with Gasteiger partial charge in [0.25, 0.3) is 0 Å². The predicted octanol–water partition coefficient (Wildman–Crippen LogP) is 1.90. The summed E-state index contributed by atoms with van der Waals surface area (Å²) >= 11 is -6.11. The normalized spacial score (nSPS) is 11.8. The Labute approximate surface area is 114 Å². The van der Waals surface area contributed by atoms with Crippen molar-refractivity contribution in [3.63, 3.8) is 0 Å². The molecule has 0 aromatic rings. The Morgan fingerprint density at radius 1 is 0.722 bits per heavy atom. The first-order chi connectivity index (χ1) is 8.24. The van der Waals surface area contributed by atoms with E-state index >= 15 is 0 Å². The van der Waals surface area contributed by atoms with Crippen molar-refractivity contribution in [2.45, 2.75) is 53.4 Å². The van der Waals surface area contributed by atoms with Crippen LogP contribution in [0.3, 0.4) is 0 Å². The van der Waals surface area contributed by atoms with Crippen molar-refractivity contribution in [3.05, 3.63) is 0 Å². The SMILES string of the molecule is CCC[N+](CCC)(CCC)CCC.[O]=[Re](=[O])(=[O])[O-]. The van der Waals surface area contributed by atoms with Gasteiger partial charge >= 0.3 is 30.0 Å².